The summed E-state index contributed by atoms with van der Waals surface area (Å²) < 4.78 is 8.70. The summed E-state index contributed by atoms with van der Waals surface area (Å²) in [5.41, 5.74) is 0.619. The van der Waals surface area contributed by atoms with Gasteiger partial charge in [-0.2, -0.15) is 0 Å². The number of aryl methyl sites for hydroxylation is 1. The van der Waals surface area contributed by atoms with E-state index in [1.807, 2.05) is 41.8 Å². The molecule has 0 spiro atoms. The van der Waals surface area contributed by atoms with Gasteiger partial charge in [0.15, 0.2) is 0 Å². The van der Waals surface area contributed by atoms with E-state index < -0.39 is 0 Å². The van der Waals surface area contributed by atoms with E-state index in [2.05, 4.69) is 37.8 Å². The second-order valence-corrected chi connectivity index (χ2v) is 4.98. The van der Waals surface area contributed by atoms with Crippen LogP contribution in [0.25, 0.3) is 5.65 Å². The Hall–Kier alpha value is -1.70. The maximum Gasteiger partial charge on any atom is 0.265 e. The summed E-state index contributed by atoms with van der Waals surface area (Å²) in [7, 11) is 0. The average Bonchev–Trinajstić information content (AvgIpc) is 2.73. The number of nitrogens with zero attached hydrogens (tertiary/aromatic N) is 4. The first-order chi connectivity index (χ1) is 8.74. The van der Waals surface area contributed by atoms with Crippen LogP contribution >= 0.6 is 22.6 Å². The molecule has 0 aliphatic heterocycles. The predicted octanol–water partition coefficient (Wildman–Crippen LogP) is 2.83. The van der Waals surface area contributed by atoms with Crippen LogP contribution in [-0.2, 0) is 0 Å². The molecule has 2 heterocycles. The highest BCUT2D eigenvalue weighted by atomic mass is 127. The van der Waals surface area contributed by atoms with E-state index in [1.54, 1.807) is 6.20 Å². The molecule has 0 saturated heterocycles. The van der Waals surface area contributed by atoms with Gasteiger partial charge in [0.25, 0.3) is 5.88 Å². The molecule has 5 nitrogen and oxygen atoms in total. The minimum Gasteiger partial charge on any atom is -0.436 e. The van der Waals surface area contributed by atoms with Gasteiger partial charge in [0.1, 0.15) is 11.6 Å². The molecule has 0 aliphatic rings. The van der Waals surface area contributed by atoms with E-state index in [9.17, 15) is 0 Å². The Morgan fingerprint density at radius 1 is 1.28 bits per heavy atom. The van der Waals surface area contributed by atoms with Crippen molar-refractivity contribution >= 4 is 28.2 Å². The van der Waals surface area contributed by atoms with Gasteiger partial charge in [0, 0.05) is 16.0 Å². The molecule has 0 fully saturated rings. The van der Waals surface area contributed by atoms with Gasteiger partial charge in [-0.25, -0.2) is 4.98 Å². The van der Waals surface area contributed by atoms with Crippen LogP contribution in [0.1, 0.15) is 5.82 Å². The standard InChI is InChI=1S/C12H9IN4O/c1-8-15-16-11-12(14-5-6-17(8)11)18-10-4-2-3-9(13)7-10/h2-7H,1H3. The van der Waals surface area contributed by atoms with Crippen molar-refractivity contribution < 1.29 is 4.74 Å². The van der Waals surface area contributed by atoms with Crippen LogP contribution < -0.4 is 4.74 Å². The van der Waals surface area contributed by atoms with Crippen LogP contribution in [-0.4, -0.2) is 19.6 Å². The number of ether oxygens (including phenoxy) is 1. The van der Waals surface area contributed by atoms with Crippen LogP contribution in [0.4, 0.5) is 0 Å². The Balaban J connectivity index is 2.05. The Kier molecular flexibility index (Phi) is 2.86. The molecular weight excluding hydrogens is 343 g/mol. The number of fused-ring (bicyclic) bond motifs is 1. The Morgan fingerprint density at radius 3 is 3.00 bits per heavy atom. The lowest BCUT2D eigenvalue weighted by molar-refractivity contribution is 0.464. The van der Waals surface area contributed by atoms with E-state index in [0.717, 1.165) is 15.1 Å². The molecule has 0 atom stereocenters. The molecule has 0 radical (unpaired) electrons. The van der Waals surface area contributed by atoms with Crippen molar-refractivity contribution in [3.8, 4) is 11.6 Å². The van der Waals surface area contributed by atoms with Crippen LogP contribution in [0.2, 0.25) is 0 Å². The zero-order valence-electron chi connectivity index (χ0n) is 9.54. The van der Waals surface area contributed by atoms with Crippen LogP contribution in [0, 0.1) is 10.5 Å². The average molecular weight is 352 g/mol. The minimum absolute atomic E-state index is 0.458. The van der Waals surface area contributed by atoms with Crippen molar-refractivity contribution in [2.24, 2.45) is 0 Å². The van der Waals surface area contributed by atoms with Crippen molar-refractivity contribution in [3.63, 3.8) is 0 Å². The molecule has 0 amide bonds. The molecule has 0 bridgehead atoms. The minimum atomic E-state index is 0.458. The molecule has 6 heteroatoms. The van der Waals surface area contributed by atoms with Crippen LogP contribution in [0.15, 0.2) is 36.7 Å². The highest BCUT2D eigenvalue weighted by molar-refractivity contribution is 14.1. The summed E-state index contributed by atoms with van der Waals surface area (Å²) in [6.07, 6.45) is 3.48. The second kappa shape index (κ2) is 4.52. The molecule has 2 aromatic heterocycles. The van der Waals surface area contributed by atoms with Gasteiger partial charge in [0.05, 0.1) is 0 Å². The van der Waals surface area contributed by atoms with E-state index in [0.29, 0.717) is 11.5 Å². The first kappa shape index (κ1) is 11.4. The lowest BCUT2D eigenvalue weighted by Crippen LogP contribution is -1.94. The first-order valence-corrected chi connectivity index (χ1v) is 6.42. The van der Waals surface area contributed by atoms with E-state index in [1.165, 1.54) is 0 Å². The molecule has 0 saturated carbocycles. The van der Waals surface area contributed by atoms with Gasteiger partial charge >= 0.3 is 0 Å². The fraction of sp³-hybridized carbons (Fsp3) is 0.0833. The summed E-state index contributed by atoms with van der Waals surface area (Å²) in [5, 5.41) is 8.07. The van der Waals surface area contributed by atoms with E-state index >= 15 is 0 Å². The molecule has 18 heavy (non-hydrogen) atoms. The quantitative estimate of drug-likeness (QED) is 0.666. The van der Waals surface area contributed by atoms with Gasteiger partial charge in [-0.15, -0.1) is 10.2 Å². The second-order valence-electron chi connectivity index (χ2n) is 3.73. The number of rotatable bonds is 2. The Morgan fingerprint density at radius 2 is 2.17 bits per heavy atom. The lowest BCUT2D eigenvalue weighted by Gasteiger charge is -2.05. The molecule has 0 aliphatic carbocycles. The molecule has 0 unspecified atom stereocenters. The summed E-state index contributed by atoms with van der Waals surface area (Å²) in [6, 6.07) is 7.76. The third kappa shape index (κ3) is 2.03. The van der Waals surface area contributed by atoms with Crippen molar-refractivity contribution in [1.82, 2.24) is 19.6 Å². The smallest absolute Gasteiger partial charge is 0.265 e. The molecule has 90 valence electrons. The molecular formula is C12H9IN4O. The van der Waals surface area contributed by atoms with E-state index in [-0.39, 0.29) is 0 Å². The van der Waals surface area contributed by atoms with Crippen LogP contribution in [0.3, 0.4) is 0 Å². The van der Waals surface area contributed by atoms with Gasteiger partial charge in [-0.1, -0.05) is 6.07 Å². The predicted molar refractivity (Wildman–Crippen MR) is 74.8 cm³/mol. The zero-order valence-corrected chi connectivity index (χ0v) is 11.7. The lowest BCUT2D eigenvalue weighted by atomic mass is 10.3. The Bertz CT molecular complexity index is 710. The summed E-state index contributed by atoms with van der Waals surface area (Å²) in [4.78, 5) is 4.20. The van der Waals surface area contributed by atoms with Gasteiger partial charge in [0.2, 0.25) is 5.65 Å². The number of aromatic nitrogens is 4. The summed E-state index contributed by atoms with van der Waals surface area (Å²) in [5.74, 6) is 2.00. The van der Waals surface area contributed by atoms with Crippen molar-refractivity contribution in [2.75, 3.05) is 0 Å². The highest BCUT2D eigenvalue weighted by Gasteiger charge is 2.09. The largest absolute Gasteiger partial charge is 0.436 e. The van der Waals surface area contributed by atoms with Crippen molar-refractivity contribution in [1.29, 1.82) is 0 Å². The topological polar surface area (TPSA) is 52.3 Å². The van der Waals surface area contributed by atoms with Gasteiger partial charge in [-0.05, 0) is 47.7 Å². The molecule has 0 N–H and O–H groups in total. The fourth-order valence-electron chi connectivity index (χ4n) is 1.63. The van der Waals surface area contributed by atoms with Crippen LogP contribution in [0.5, 0.6) is 11.6 Å². The first-order valence-electron chi connectivity index (χ1n) is 5.34. The third-order valence-electron chi connectivity index (χ3n) is 2.48. The monoisotopic (exact) mass is 352 g/mol. The number of hydrogen-bond acceptors (Lipinski definition) is 4. The summed E-state index contributed by atoms with van der Waals surface area (Å²) >= 11 is 2.24. The normalized spacial score (nSPS) is 10.8. The molecule has 3 aromatic rings. The third-order valence-corrected chi connectivity index (χ3v) is 3.15. The van der Waals surface area contributed by atoms with Crippen molar-refractivity contribution in [2.45, 2.75) is 6.92 Å². The maximum atomic E-state index is 5.75. The summed E-state index contributed by atoms with van der Waals surface area (Å²) in [6.45, 7) is 1.88. The van der Waals surface area contributed by atoms with Gasteiger partial charge < -0.3 is 4.74 Å². The maximum absolute atomic E-state index is 5.75. The number of benzene rings is 1. The Labute approximate surface area is 117 Å². The SMILES string of the molecule is Cc1nnc2c(Oc3cccc(I)c3)nccn12. The molecule has 1 aromatic carbocycles. The van der Waals surface area contributed by atoms with Gasteiger partial charge in [-0.3, -0.25) is 4.40 Å². The fourth-order valence-corrected chi connectivity index (χ4v) is 2.15. The number of hydrogen-bond donors (Lipinski definition) is 0. The zero-order chi connectivity index (χ0) is 12.5. The van der Waals surface area contributed by atoms with E-state index in [4.69, 9.17) is 4.74 Å². The number of halogens is 1. The highest BCUT2D eigenvalue weighted by Crippen LogP contribution is 2.24. The molecule has 3 rings (SSSR count). The van der Waals surface area contributed by atoms with Crippen molar-refractivity contribution in [3.05, 3.63) is 46.1 Å².